The van der Waals surface area contributed by atoms with Crippen LogP contribution in [0.3, 0.4) is 0 Å². The molecular formula is C20H21NO. The maximum atomic E-state index is 10.7. The average Bonchev–Trinajstić information content (AvgIpc) is 2.55. The highest BCUT2D eigenvalue weighted by Crippen LogP contribution is 2.38. The standard InChI is InChI=1S/C20H21NO/c1-4-14-13-16(21(2)3)10-12-17(14)19-11-9-15-7-5-6-8-18(15)20(19)22/h5-13,22H,4H2,1-3H3. The molecule has 0 aliphatic carbocycles. The highest BCUT2D eigenvalue weighted by atomic mass is 16.3. The van der Waals surface area contributed by atoms with Gasteiger partial charge in [0.05, 0.1) is 0 Å². The van der Waals surface area contributed by atoms with Crippen LogP contribution in [0, 0.1) is 0 Å². The van der Waals surface area contributed by atoms with Crippen molar-refractivity contribution in [1.29, 1.82) is 0 Å². The van der Waals surface area contributed by atoms with Crippen LogP contribution in [0.1, 0.15) is 12.5 Å². The molecule has 3 aromatic rings. The Balaban J connectivity index is 2.21. The first kappa shape index (κ1) is 14.5. The van der Waals surface area contributed by atoms with Gasteiger partial charge < -0.3 is 10.0 Å². The summed E-state index contributed by atoms with van der Waals surface area (Å²) in [5.41, 5.74) is 4.44. The molecule has 0 aliphatic heterocycles. The Morgan fingerprint density at radius 3 is 2.36 bits per heavy atom. The van der Waals surface area contributed by atoms with Crippen molar-refractivity contribution in [2.45, 2.75) is 13.3 Å². The van der Waals surface area contributed by atoms with Gasteiger partial charge in [0.1, 0.15) is 5.75 Å². The Morgan fingerprint density at radius 2 is 1.64 bits per heavy atom. The Hall–Kier alpha value is -2.48. The molecule has 0 aliphatic rings. The van der Waals surface area contributed by atoms with E-state index < -0.39 is 0 Å². The van der Waals surface area contributed by atoms with E-state index in [0.717, 1.165) is 28.3 Å². The number of aromatic hydroxyl groups is 1. The fourth-order valence-electron chi connectivity index (χ4n) is 2.89. The summed E-state index contributed by atoms with van der Waals surface area (Å²) < 4.78 is 0. The molecule has 0 radical (unpaired) electrons. The summed E-state index contributed by atoms with van der Waals surface area (Å²) in [6, 6.07) is 18.4. The van der Waals surface area contributed by atoms with Gasteiger partial charge in [0.15, 0.2) is 0 Å². The lowest BCUT2D eigenvalue weighted by Crippen LogP contribution is -2.09. The van der Waals surface area contributed by atoms with Crippen molar-refractivity contribution in [3.63, 3.8) is 0 Å². The molecule has 0 atom stereocenters. The first-order chi connectivity index (χ1) is 10.6. The van der Waals surface area contributed by atoms with Crippen LogP contribution in [0.15, 0.2) is 54.6 Å². The minimum Gasteiger partial charge on any atom is -0.507 e. The van der Waals surface area contributed by atoms with E-state index in [2.05, 4.69) is 36.1 Å². The van der Waals surface area contributed by atoms with E-state index in [1.807, 2.05) is 44.4 Å². The second-order valence-electron chi connectivity index (χ2n) is 5.77. The Labute approximate surface area is 131 Å². The topological polar surface area (TPSA) is 23.5 Å². The number of phenolic OH excluding ortho intramolecular Hbond substituents is 1. The number of phenols is 1. The molecule has 0 aromatic heterocycles. The number of anilines is 1. The zero-order chi connectivity index (χ0) is 15.7. The summed E-state index contributed by atoms with van der Waals surface area (Å²) in [4.78, 5) is 2.10. The third-order valence-electron chi connectivity index (χ3n) is 4.18. The third-order valence-corrected chi connectivity index (χ3v) is 4.18. The van der Waals surface area contributed by atoms with Crippen LogP contribution >= 0.6 is 0 Å². The molecule has 2 nitrogen and oxygen atoms in total. The number of hydrogen-bond donors (Lipinski definition) is 1. The molecule has 0 unspecified atom stereocenters. The van der Waals surface area contributed by atoms with Gasteiger partial charge in [-0.3, -0.25) is 0 Å². The van der Waals surface area contributed by atoms with Crippen LogP contribution in [0.25, 0.3) is 21.9 Å². The van der Waals surface area contributed by atoms with Gasteiger partial charge in [-0.2, -0.15) is 0 Å². The summed E-state index contributed by atoms with van der Waals surface area (Å²) >= 11 is 0. The van der Waals surface area contributed by atoms with E-state index in [-0.39, 0.29) is 0 Å². The van der Waals surface area contributed by atoms with Gasteiger partial charge in [0.2, 0.25) is 0 Å². The van der Waals surface area contributed by atoms with Gasteiger partial charge in [-0.05, 0) is 35.1 Å². The summed E-state index contributed by atoms with van der Waals surface area (Å²) in [7, 11) is 4.09. The second-order valence-corrected chi connectivity index (χ2v) is 5.77. The van der Waals surface area contributed by atoms with Crippen molar-refractivity contribution in [3.8, 4) is 16.9 Å². The van der Waals surface area contributed by atoms with E-state index in [1.165, 1.54) is 11.3 Å². The number of fused-ring (bicyclic) bond motifs is 1. The molecule has 0 saturated carbocycles. The number of benzene rings is 3. The number of rotatable bonds is 3. The van der Waals surface area contributed by atoms with E-state index in [1.54, 1.807) is 0 Å². The van der Waals surface area contributed by atoms with Crippen LogP contribution in [-0.2, 0) is 6.42 Å². The lowest BCUT2D eigenvalue weighted by atomic mass is 9.94. The lowest BCUT2D eigenvalue weighted by Gasteiger charge is -2.17. The molecule has 0 amide bonds. The van der Waals surface area contributed by atoms with Crippen molar-refractivity contribution in [1.82, 2.24) is 0 Å². The SMILES string of the molecule is CCc1cc(N(C)C)ccc1-c1ccc2ccccc2c1O. The molecule has 0 fully saturated rings. The zero-order valence-corrected chi connectivity index (χ0v) is 13.3. The van der Waals surface area contributed by atoms with Gasteiger partial charge in [0.25, 0.3) is 0 Å². The van der Waals surface area contributed by atoms with Crippen molar-refractivity contribution >= 4 is 16.5 Å². The van der Waals surface area contributed by atoms with Crippen molar-refractivity contribution in [2.75, 3.05) is 19.0 Å². The second kappa shape index (κ2) is 5.72. The Kier molecular flexibility index (Phi) is 3.76. The van der Waals surface area contributed by atoms with E-state index in [9.17, 15) is 5.11 Å². The van der Waals surface area contributed by atoms with Crippen molar-refractivity contribution in [3.05, 3.63) is 60.2 Å². The van der Waals surface area contributed by atoms with Gasteiger partial charge in [-0.25, -0.2) is 0 Å². The minimum absolute atomic E-state index is 0.366. The van der Waals surface area contributed by atoms with Crippen LogP contribution in [0.2, 0.25) is 0 Å². The smallest absolute Gasteiger partial charge is 0.131 e. The number of aryl methyl sites for hydroxylation is 1. The maximum absolute atomic E-state index is 10.7. The molecule has 112 valence electrons. The Morgan fingerprint density at radius 1 is 0.909 bits per heavy atom. The molecule has 1 N–H and O–H groups in total. The number of nitrogens with zero attached hydrogens (tertiary/aromatic N) is 1. The van der Waals surface area contributed by atoms with E-state index in [0.29, 0.717) is 5.75 Å². The monoisotopic (exact) mass is 291 g/mol. The van der Waals surface area contributed by atoms with Crippen LogP contribution in [0.4, 0.5) is 5.69 Å². The minimum atomic E-state index is 0.366. The summed E-state index contributed by atoms with van der Waals surface area (Å²) in [5.74, 6) is 0.366. The van der Waals surface area contributed by atoms with Gasteiger partial charge in [-0.15, -0.1) is 0 Å². The summed E-state index contributed by atoms with van der Waals surface area (Å²) in [6.07, 6.45) is 0.934. The highest BCUT2D eigenvalue weighted by molar-refractivity contribution is 5.95. The molecule has 3 aromatic carbocycles. The van der Waals surface area contributed by atoms with Crippen LogP contribution < -0.4 is 4.90 Å². The molecular weight excluding hydrogens is 270 g/mol. The summed E-state index contributed by atoms with van der Waals surface area (Å²) in [5, 5.41) is 12.7. The number of hydrogen-bond acceptors (Lipinski definition) is 2. The van der Waals surface area contributed by atoms with Crippen molar-refractivity contribution < 1.29 is 5.11 Å². The third kappa shape index (κ3) is 2.41. The van der Waals surface area contributed by atoms with Gasteiger partial charge in [-0.1, -0.05) is 49.4 Å². The molecule has 2 heteroatoms. The van der Waals surface area contributed by atoms with E-state index >= 15 is 0 Å². The molecule has 0 spiro atoms. The first-order valence-electron chi connectivity index (χ1n) is 7.63. The Bertz CT molecular complexity index is 821. The fraction of sp³-hybridized carbons (Fsp3) is 0.200. The first-order valence-corrected chi connectivity index (χ1v) is 7.63. The van der Waals surface area contributed by atoms with Gasteiger partial charge in [0, 0.05) is 30.7 Å². The maximum Gasteiger partial charge on any atom is 0.131 e. The quantitative estimate of drug-likeness (QED) is 0.746. The predicted octanol–water partition coefficient (Wildman–Crippen LogP) is 4.84. The van der Waals surface area contributed by atoms with Crippen LogP contribution in [0.5, 0.6) is 5.75 Å². The predicted molar refractivity (Wildman–Crippen MR) is 94.8 cm³/mol. The zero-order valence-electron chi connectivity index (χ0n) is 13.3. The van der Waals surface area contributed by atoms with Crippen molar-refractivity contribution in [2.24, 2.45) is 0 Å². The van der Waals surface area contributed by atoms with Crippen LogP contribution in [-0.4, -0.2) is 19.2 Å². The molecule has 3 rings (SSSR count). The van der Waals surface area contributed by atoms with E-state index in [4.69, 9.17) is 0 Å². The largest absolute Gasteiger partial charge is 0.507 e. The fourth-order valence-corrected chi connectivity index (χ4v) is 2.89. The summed E-state index contributed by atoms with van der Waals surface area (Å²) in [6.45, 7) is 2.15. The molecule has 0 saturated heterocycles. The molecule has 0 heterocycles. The molecule has 22 heavy (non-hydrogen) atoms. The highest BCUT2D eigenvalue weighted by Gasteiger charge is 2.12. The lowest BCUT2D eigenvalue weighted by molar-refractivity contribution is 0.483. The van der Waals surface area contributed by atoms with Gasteiger partial charge >= 0.3 is 0 Å². The normalized spacial score (nSPS) is 10.9. The molecule has 0 bridgehead atoms. The average molecular weight is 291 g/mol.